The van der Waals surface area contributed by atoms with Gasteiger partial charge in [-0.15, -0.1) is 0 Å². The number of rotatable bonds is 4. The first-order chi connectivity index (χ1) is 6.72. The van der Waals surface area contributed by atoms with Gasteiger partial charge in [-0.2, -0.15) is 0 Å². The molecule has 1 aromatic rings. The van der Waals surface area contributed by atoms with Crippen molar-refractivity contribution in [2.45, 2.75) is 6.54 Å². The maximum atomic E-state index is 9.43. The highest BCUT2D eigenvalue weighted by molar-refractivity contribution is 5.49. The van der Waals surface area contributed by atoms with Crippen molar-refractivity contribution in [3.05, 3.63) is 17.7 Å². The molecule has 0 atom stereocenters. The fourth-order valence-electron chi connectivity index (χ4n) is 1.17. The molecule has 0 aliphatic heterocycles. The van der Waals surface area contributed by atoms with Crippen LogP contribution in [0.1, 0.15) is 5.56 Å². The first-order valence-corrected chi connectivity index (χ1v) is 4.03. The van der Waals surface area contributed by atoms with Crippen LogP contribution in [0.15, 0.2) is 12.1 Å². The second-order valence-electron chi connectivity index (χ2n) is 2.67. The zero-order valence-corrected chi connectivity index (χ0v) is 8.07. The van der Waals surface area contributed by atoms with Crippen LogP contribution >= 0.6 is 0 Å². The second kappa shape index (κ2) is 4.69. The van der Waals surface area contributed by atoms with E-state index < -0.39 is 0 Å². The summed E-state index contributed by atoms with van der Waals surface area (Å²) in [6.07, 6.45) is 0. The minimum absolute atomic E-state index is 0.00559. The van der Waals surface area contributed by atoms with Crippen molar-refractivity contribution in [3.8, 4) is 17.2 Å². The lowest BCUT2D eigenvalue weighted by molar-refractivity contribution is 0.160. The molecule has 0 unspecified atom stereocenters. The minimum atomic E-state index is 0.00559. The van der Waals surface area contributed by atoms with E-state index >= 15 is 0 Å². The smallest absolute Gasteiger partial charge is 0.161 e. The molecular weight excluding hydrogens is 186 g/mol. The number of hydroxylamine groups is 1. The van der Waals surface area contributed by atoms with Crippen LogP contribution in [-0.4, -0.2) is 24.5 Å². The maximum Gasteiger partial charge on any atom is 0.161 e. The van der Waals surface area contributed by atoms with Gasteiger partial charge in [0.15, 0.2) is 11.5 Å². The topological polar surface area (TPSA) is 71.0 Å². The molecule has 5 heteroatoms. The molecule has 0 aromatic heterocycles. The van der Waals surface area contributed by atoms with E-state index in [1.54, 1.807) is 6.07 Å². The number of nitrogens with one attached hydrogen (secondary N) is 1. The number of phenolic OH excluding ortho intramolecular Hbond substituents is 1. The molecule has 0 saturated heterocycles. The monoisotopic (exact) mass is 199 g/mol. The predicted molar refractivity (Wildman–Crippen MR) is 49.8 cm³/mol. The van der Waals surface area contributed by atoms with Crippen molar-refractivity contribution < 1.29 is 19.8 Å². The van der Waals surface area contributed by atoms with E-state index in [1.165, 1.54) is 20.3 Å². The molecule has 0 fully saturated rings. The summed E-state index contributed by atoms with van der Waals surface area (Å²) < 4.78 is 9.93. The van der Waals surface area contributed by atoms with Crippen LogP contribution in [-0.2, 0) is 6.54 Å². The molecule has 0 bridgehead atoms. The Morgan fingerprint density at radius 3 is 2.36 bits per heavy atom. The van der Waals surface area contributed by atoms with Crippen LogP contribution < -0.4 is 15.0 Å². The maximum absolute atomic E-state index is 9.43. The zero-order chi connectivity index (χ0) is 10.6. The Morgan fingerprint density at radius 2 is 1.86 bits per heavy atom. The molecule has 0 radical (unpaired) electrons. The van der Waals surface area contributed by atoms with E-state index in [-0.39, 0.29) is 12.3 Å². The van der Waals surface area contributed by atoms with Gasteiger partial charge < -0.3 is 19.8 Å². The lowest BCUT2D eigenvalue weighted by Crippen LogP contribution is -2.07. The quantitative estimate of drug-likeness (QED) is 0.628. The van der Waals surface area contributed by atoms with E-state index in [2.05, 4.69) is 0 Å². The van der Waals surface area contributed by atoms with Gasteiger partial charge in [0, 0.05) is 18.2 Å². The van der Waals surface area contributed by atoms with Gasteiger partial charge in [-0.3, -0.25) is 0 Å². The number of benzene rings is 1. The first kappa shape index (κ1) is 10.6. The number of methoxy groups -OCH3 is 2. The summed E-state index contributed by atoms with van der Waals surface area (Å²) >= 11 is 0. The summed E-state index contributed by atoms with van der Waals surface area (Å²) in [7, 11) is 2.94. The number of hydrogen-bond acceptors (Lipinski definition) is 5. The van der Waals surface area contributed by atoms with E-state index in [0.29, 0.717) is 17.1 Å². The molecule has 0 saturated carbocycles. The zero-order valence-electron chi connectivity index (χ0n) is 8.07. The Labute approximate surface area is 81.8 Å². The van der Waals surface area contributed by atoms with Gasteiger partial charge in [-0.05, 0) is 6.07 Å². The van der Waals surface area contributed by atoms with Gasteiger partial charge in [0.25, 0.3) is 0 Å². The van der Waals surface area contributed by atoms with E-state index in [1.807, 2.05) is 5.48 Å². The molecule has 0 heterocycles. The third-order valence-electron chi connectivity index (χ3n) is 1.85. The van der Waals surface area contributed by atoms with Crippen molar-refractivity contribution in [2.24, 2.45) is 0 Å². The molecule has 0 spiro atoms. The Balaban J connectivity index is 3.11. The predicted octanol–water partition coefficient (Wildman–Crippen LogP) is 0.888. The summed E-state index contributed by atoms with van der Waals surface area (Å²) in [6.45, 7) is 0.222. The van der Waals surface area contributed by atoms with Gasteiger partial charge in [0.05, 0.1) is 14.2 Å². The van der Waals surface area contributed by atoms with Crippen LogP contribution in [0.3, 0.4) is 0 Å². The van der Waals surface area contributed by atoms with Crippen LogP contribution in [0.4, 0.5) is 0 Å². The third-order valence-corrected chi connectivity index (χ3v) is 1.85. The van der Waals surface area contributed by atoms with Crippen LogP contribution in [0.5, 0.6) is 17.2 Å². The average molecular weight is 199 g/mol. The Hall–Kier alpha value is -1.46. The highest BCUT2D eigenvalue weighted by atomic mass is 16.5. The van der Waals surface area contributed by atoms with Gasteiger partial charge in [0.1, 0.15) is 5.75 Å². The number of hydrogen-bond donors (Lipinski definition) is 3. The van der Waals surface area contributed by atoms with Crippen molar-refractivity contribution >= 4 is 0 Å². The number of ether oxygens (including phenoxy) is 2. The van der Waals surface area contributed by atoms with Gasteiger partial charge >= 0.3 is 0 Å². The Bertz CT molecular complexity index is 314. The molecule has 0 aliphatic carbocycles. The standard InChI is InChI=1S/C9H13NO4/c1-13-8-4-7(11)9(14-2)3-6(8)5-10-12/h3-4,10-12H,5H2,1-2H3. The van der Waals surface area contributed by atoms with Gasteiger partial charge in [-0.1, -0.05) is 0 Å². The Morgan fingerprint density at radius 1 is 1.21 bits per heavy atom. The van der Waals surface area contributed by atoms with Gasteiger partial charge in [-0.25, -0.2) is 5.48 Å². The minimum Gasteiger partial charge on any atom is -0.504 e. The van der Waals surface area contributed by atoms with Crippen molar-refractivity contribution in [1.29, 1.82) is 0 Å². The fraction of sp³-hybridized carbons (Fsp3) is 0.333. The SMILES string of the molecule is COc1cc(CNO)c(OC)cc1O. The lowest BCUT2D eigenvalue weighted by Gasteiger charge is -2.11. The molecule has 5 nitrogen and oxygen atoms in total. The summed E-state index contributed by atoms with van der Waals surface area (Å²) in [5.41, 5.74) is 2.71. The molecule has 1 rings (SSSR count). The molecule has 3 N–H and O–H groups in total. The largest absolute Gasteiger partial charge is 0.504 e. The second-order valence-corrected chi connectivity index (χ2v) is 2.67. The van der Waals surface area contributed by atoms with Gasteiger partial charge in [0.2, 0.25) is 0 Å². The molecule has 0 aliphatic rings. The summed E-state index contributed by atoms with van der Waals surface area (Å²) in [5.74, 6) is 0.840. The highest BCUT2D eigenvalue weighted by Crippen LogP contribution is 2.33. The molecular formula is C9H13NO4. The van der Waals surface area contributed by atoms with Crippen molar-refractivity contribution in [1.82, 2.24) is 5.48 Å². The van der Waals surface area contributed by atoms with Crippen LogP contribution in [0.25, 0.3) is 0 Å². The van der Waals surface area contributed by atoms with Crippen LogP contribution in [0.2, 0.25) is 0 Å². The molecule has 1 aromatic carbocycles. The lowest BCUT2D eigenvalue weighted by atomic mass is 10.2. The normalized spacial score (nSPS) is 9.93. The third kappa shape index (κ3) is 2.07. The van der Waals surface area contributed by atoms with E-state index in [0.717, 1.165) is 0 Å². The molecule has 0 amide bonds. The Kier molecular flexibility index (Phi) is 3.55. The van der Waals surface area contributed by atoms with Crippen LogP contribution in [0, 0.1) is 0 Å². The van der Waals surface area contributed by atoms with Crippen molar-refractivity contribution in [3.63, 3.8) is 0 Å². The van der Waals surface area contributed by atoms with Crippen molar-refractivity contribution in [2.75, 3.05) is 14.2 Å². The summed E-state index contributed by atoms with van der Waals surface area (Å²) in [6, 6.07) is 3.03. The average Bonchev–Trinajstić information content (AvgIpc) is 2.20. The highest BCUT2D eigenvalue weighted by Gasteiger charge is 2.09. The number of phenols is 1. The fourth-order valence-corrected chi connectivity index (χ4v) is 1.17. The first-order valence-electron chi connectivity index (χ1n) is 4.03. The van der Waals surface area contributed by atoms with E-state index in [9.17, 15) is 5.11 Å². The summed E-state index contributed by atoms with van der Waals surface area (Å²) in [5, 5.41) is 18.0. The molecule has 78 valence electrons. The van der Waals surface area contributed by atoms with E-state index in [4.69, 9.17) is 14.7 Å². The summed E-state index contributed by atoms with van der Waals surface area (Å²) in [4.78, 5) is 0. The number of aromatic hydroxyl groups is 1. The molecule has 14 heavy (non-hydrogen) atoms.